The molecular weight excluding hydrogens is 320 g/mol. The molecule has 0 aromatic heterocycles. The SMILES string of the molecule is C[C@H](CCNC(=O)N[C@@H]1CCO[C@]2(CCSC2)C1)c1ccccc1. The molecule has 2 N–H and O–H groups in total. The van der Waals surface area contributed by atoms with Gasteiger partial charge in [-0.3, -0.25) is 0 Å². The summed E-state index contributed by atoms with van der Waals surface area (Å²) in [6.45, 7) is 3.66. The Morgan fingerprint density at radius 1 is 1.42 bits per heavy atom. The van der Waals surface area contributed by atoms with Gasteiger partial charge in [0.05, 0.1) is 5.60 Å². The van der Waals surface area contributed by atoms with Gasteiger partial charge in [-0.15, -0.1) is 0 Å². The summed E-state index contributed by atoms with van der Waals surface area (Å²) in [5.41, 5.74) is 1.34. The molecule has 2 saturated heterocycles. The number of rotatable bonds is 5. The molecule has 0 aliphatic carbocycles. The second-order valence-electron chi connectivity index (χ2n) is 7.02. The van der Waals surface area contributed by atoms with Gasteiger partial charge in [0.2, 0.25) is 0 Å². The van der Waals surface area contributed by atoms with Gasteiger partial charge in [0.1, 0.15) is 0 Å². The Morgan fingerprint density at radius 2 is 2.25 bits per heavy atom. The van der Waals surface area contributed by atoms with E-state index < -0.39 is 0 Å². The van der Waals surface area contributed by atoms with Gasteiger partial charge >= 0.3 is 6.03 Å². The van der Waals surface area contributed by atoms with Crippen molar-refractivity contribution >= 4 is 17.8 Å². The molecule has 3 rings (SSSR count). The lowest BCUT2D eigenvalue weighted by Gasteiger charge is -2.38. The molecule has 2 aliphatic rings. The molecule has 132 valence electrons. The first-order valence-corrected chi connectivity index (χ1v) is 10.1. The monoisotopic (exact) mass is 348 g/mol. The molecule has 0 bridgehead atoms. The van der Waals surface area contributed by atoms with Gasteiger partial charge in [0, 0.05) is 24.9 Å². The summed E-state index contributed by atoms with van der Waals surface area (Å²) >= 11 is 1.96. The number of ether oxygens (including phenoxy) is 1. The predicted molar refractivity (Wildman–Crippen MR) is 99.7 cm³/mol. The number of carbonyl (C=O) groups excluding carboxylic acids is 1. The first-order valence-electron chi connectivity index (χ1n) is 8.98. The largest absolute Gasteiger partial charge is 0.374 e. The van der Waals surface area contributed by atoms with E-state index in [1.165, 1.54) is 11.3 Å². The molecule has 5 heteroatoms. The van der Waals surface area contributed by atoms with Crippen molar-refractivity contribution in [2.24, 2.45) is 0 Å². The van der Waals surface area contributed by atoms with Crippen molar-refractivity contribution in [2.45, 2.75) is 50.2 Å². The van der Waals surface area contributed by atoms with Crippen molar-refractivity contribution in [1.29, 1.82) is 0 Å². The van der Waals surface area contributed by atoms with E-state index in [0.717, 1.165) is 38.0 Å². The van der Waals surface area contributed by atoms with Crippen LogP contribution in [0.3, 0.4) is 0 Å². The third-order valence-electron chi connectivity index (χ3n) is 5.13. The Kier molecular flexibility index (Phi) is 6.06. The number of amides is 2. The topological polar surface area (TPSA) is 50.4 Å². The maximum Gasteiger partial charge on any atom is 0.315 e. The average molecular weight is 349 g/mol. The van der Waals surface area contributed by atoms with E-state index in [-0.39, 0.29) is 17.7 Å². The minimum atomic E-state index is -0.0389. The zero-order chi connectivity index (χ0) is 16.8. The zero-order valence-corrected chi connectivity index (χ0v) is 15.2. The maximum atomic E-state index is 12.2. The van der Waals surface area contributed by atoms with Crippen molar-refractivity contribution in [1.82, 2.24) is 10.6 Å². The van der Waals surface area contributed by atoms with Gasteiger partial charge in [-0.25, -0.2) is 4.79 Å². The summed E-state index contributed by atoms with van der Waals surface area (Å²) in [4.78, 5) is 12.2. The molecule has 0 unspecified atom stereocenters. The van der Waals surface area contributed by atoms with Crippen LogP contribution in [0.5, 0.6) is 0 Å². The van der Waals surface area contributed by atoms with Crippen LogP contribution in [0.1, 0.15) is 44.1 Å². The van der Waals surface area contributed by atoms with E-state index >= 15 is 0 Å². The lowest BCUT2D eigenvalue weighted by Crippen LogP contribution is -2.51. The fourth-order valence-electron chi connectivity index (χ4n) is 3.60. The van der Waals surface area contributed by atoms with Gasteiger partial charge < -0.3 is 15.4 Å². The first-order chi connectivity index (χ1) is 11.7. The van der Waals surface area contributed by atoms with Gasteiger partial charge in [-0.2, -0.15) is 11.8 Å². The summed E-state index contributed by atoms with van der Waals surface area (Å²) in [7, 11) is 0. The van der Waals surface area contributed by atoms with E-state index in [1.54, 1.807) is 0 Å². The molecular formula is C19H28N2O2S. The molecule has 2 fully saturated rings. The van der Waals surface area contributed by atoms with Crippen LogP contribution >= 0.6 is 11.8 Å². The zero-order valence-electron chi connectivity index (χ0n) is 14.4. The highest BCUT2D eigenvalue weighted by molar-refractivity contribution is 7.99. The van der Waals surface area contributed by atoms with Gasteiger partial charge in [-0.05, 0) is 42.9 Å². The first kappa shape index (κ1) is 17.6. The lowest BCUT2D eigenvalue weighted by atomic mass is 9.90. The van der Waals surface area contributed by atoms with Crippen LogP contribution in [-0.4, -0.2) is 42.3 Å². The third kappa shape index (κ3) is 4.67. The van der Waals surface area contributed by atoms with Crippen molar-refractivity contribution < 1.29 is 9.53 Å². The molecule has 1 aromatic rings. The van der Waals surface area contributed by atoms with Crippen molar-refractivity contribution in [3.8, 4) is 0 Å². The molecule has 2 amide bonds. The van der Waals surface area contributed by atoms with Crippen LogP contribution < -0.4 is 10.6 Å². The number of thioether (sulfide) groups is 1. The normalized spacial score (nSPS) is 27.8. The fourth-order valence-corrected chi connectivity index (χ4v) is 4.98. The van der Waals surface area contributed by atoms with E-state index in [9.17, 15) is 4.79 Å². The number of hydrogen-bond acceptors (Lipinski definition) is 3. The number of nitrogens with one attached hydrogen (secondary N) is 2. The molecule has 1 aromatic carbocycles. The Balaban J connectivity index is 1.38. The van der Waals surface area contributed by atoms with Crippen LogP contribution in [-0.2, 0) is 4.74 Å². The summed E-state index contributed by atoms with van der Waals surface area (Å²) in [5, 5.41) is 6.16. The maximum absolute atomic E-state index is 12.2. The van der Waals surface area contributed by atoms with Crippen LogP contribution in [0.4, 0.5) is 4.79 Å². The molecule has 4 nitrogen and oxygen atoms in total. The second kappa shape index (κ2) is 8.26. The number of urea groups is 1. The standard InChI is InChI=1S/C19H28N2O2S/c1-15(16-5-3-2-4-6-16)7-10-20-18(22)21-17-8-11-23-19(13-17)9-12-24-14-19/h2-6,15,17H,7-14H2,1H3,(H2,20,21,22)/t15-,17-,19-/m1/s1. The van der Waals surface area contributed by atoms with Gasteiger partial charge in [-0.1, -0.05) is 37.3 Å². The predicted octanol–water partition coefficient (Wildman–Crippen LogP) is 3.53. The molecule has 0 radical (unpaired) electrons. The molecule has 2 heterocycles. The van der Waals surface area contributed by atoms with Crippen LogP contribution in [0.2, 0.25) is 0 Å². The quantitative estimate of drug-likeness (QED) is 0.856. The van der Waals surface area contributed by atoms with Crippen molar-refractivity contribution in [3.63, 3.8) is 0 Å². The van der Waals surface area contributed by atoms with Crippen LogP contribution in [0.15, 0.2) is 30.3 Å². The summed E-state index contributed by atoms with van der Waals surface area (Å²) < 4.78 is 6.01. The fraction of sp³-hybridized carbons (Fsp3) is 0.632. The average Bonchev–Trinajstić information content (AvgIpc) is 3.03. The van der Waals surface area contributed by atoms with Crippen LogP contribution in [0.25, 0.3) is 0 Å². The Bertz CT molecular complexity index is 531. The minimum absolute atomic E-state index is 0.0166. The van der Waals surface area contributed by atoms with E-state index in [4.69, 9.17) is 4.74 Å². The molecule has 2 aliphatic heterocycles. The highest BCUT2D eigenvalue weighted by Crippen LogP contribution is 2.38. The smallest absolute Gasteiger partial charge is 0.315 e. The number of carbonyl (C=O) groups is 1. The summed E-state index contributed by atoms with van der Waals surface area (Å²) in [6, 6.07) is 10.7. The lowest BCUT2D eigenvalue weighted by molar-refractivity contribution is -0.0684. The Hall–Kier alpha value is -1.20. The summed E-state index contributed by atoms with van der Waals surface area (Å²) in [6.07, 6.45) is 3.94. The Labute approximate surface area is 149 Å². The number of benzene rings is 1. The number of hydrogen-bond donors (Lipinski definition) is 2. The van der Waals surface area contributed by atoms with E-state index in [0.29, 0.717) is 12.5 Å². The van der Waals surface area contributed by atoms with Crippen molar-refractivity contribution in [2.75, 3.05) is 24.7 Å². The van der Waals surface area contributed by atoms with E-state index in [1.807, 2.05) is 17.8 Å². The highest BCUT2D eigenvalue weighted by Gasteiger charge is 2.40. The Morgan fingerprint density at radius 3 is 3.00 bits per heavy atom. The molecule has 0 saturated carbocycles. The molecule has 24 heavy (non-hydrogen) atoms. The minimum Gasteiger partial charge on any atom is -0.374 e. The van der Waals surface area contributed by atoms with E-state index in [2.05, 4.69) is 41.8 Å². The second-order valence-corrected chi connectivity index (χ2v) is 8.13. The molecule has 3 atom stereocenters. The van der Waals surface area contributed by atoms with Crippen molar-refractivity contribution in [3.05, 3.63) is 35.9 Å². The van der Waals surface area contributed by atoms with Gasteiger partial charge in [0.25, 0.3) is 0 Å². The highest BCUT2D eigenvalue weighted by atomic mass is 32.2. The van der Waals surface area contributed by atoms with Crippen LogP contribution in [0, 0.1) is 0 Å². The summed E-state index contributed by atoms with van der Waals surface area (Å²) in [5.74, 6) is 2.70. The molecule has 1 spiro atoms. The van der Waals surface area contributed by atoms with Gasteiger partial charge in [0.15, 0.2) is 0 Å². The third-order valence-corrected chi connectivity index (χ3v) is 6.35.